The summed E-state index contributed by atoms with van der Waals surface area (Å²) in [6.07, 6.45) is 9.95. The first-order valence-corrected chi connectivity index (χ1v) is 12.1. The van der Waals surface area contributed by atoms with Crippen molar-refractivity contribution in [1.29, 1.82) is 0 Å². The maximum absolute atomic E-state index is 2.53. The Balaban J connectivity index is 0.000000941. The predicted molar refractivity (Wildman–Crippen MR) is 130 cm³/mol. The van der Waals surface area contributed by atoms with Gasteiger partial charge in [-0.25, -0.2) is 0 Å². The van der Waals surface area contributed by atoms with Crippen LogP contribution in [0.3, 0.4) is 0 Å². The molecule has 0 N–H and O–H groups in total. The second-order valence-electron chi connectivity index (χ2n) is 9.99. The van der Waals surface area contributed by atoms with Crippen molar-refractivity contribution in [1.82, 2.24) is 0 Å². The van der Waals surface area contributed by atoms with Crippen LogP contribution in [0.1, 0.15) is 113 Å². The first-order chi connectivity index (χ1) is 13.8. The fourth-order valence-electron chi connectivity index (χ4n) is 4.55. The van der Waals surface area contributed by atoms with Gasteiger partial charge in [0.1, 0.15) is 0 Å². The Kier molecular flexibility index (Phi) is 9.00. The molecule has 0 aliphatic heterocycles. The van der Waals surface area contributed by atoms with E-state index in [1.54, 1.807) is 11.1 Å². The number of hydrogen-bond acceptors (Lipinski definition) is 0. The van der Waals surface area contributed by atoms with E-state index in [1.165, 1.54) is 60.8 Å². The van der Waals surface area contributed by atoms with E-state index in [-0.39, 0.29) is 0 Å². The van der Waals surface area contributed by atoms with E-state index in [4.69, 9.17) is 0 Å². The van der Waals surface area contributed by atoms with Gasteiger partial charge in [0.05, 0.1) is 0 Å². The zero-order chi connectivity index (χ0) is 21.4. The minimum Gasteiger partial charge on any atom is -0.0656 e. The van der Waals surface area contributed by atoms with Crippen LogP contribution in [-0.4, -0.2) is 0 Å². The second kappa shape index (κ2) is 11.0. The van der Waals surface area contributed by atoms with Crippen molar-refractivity contribution < 1.29 is 0 Å². The number of rotatable bonds is 5. The molecule has 2 aromatic carbocycles. The third kappa shape index (κ3) is 6.73. The standard InChI is InChI=1S/C26H36.C3H8/c1-6-19-12-14-23(16-20(19)7-2)25(18-26(3,4)5)24-15-13-21-10-8-9-11-22(21)17-24;1-3-2/h12-17,25H,6-11,18H2,1-5H3;3H2,1-2H3. The van der Waals surface area contributed by atoms with Gasteiger partial charge in [0.2, 0.25) is 0 Å². The van der Waals surface area contributed by atoms with Crippen molar-refractivity contribution in [2.75, 3.05) is 0 Å². The minimum atomic E-state index is 0.316. The molecule has 0 spiro atoms. The molecule has 0 saturated carbocycles. The maximum Gasteiger partial charge on any atom is 0.00945 e. The highest BCUT2D eigenvalue weighted by atomic mass is 14.3. The molecule has 0 nitrogen and oxygen atoms in total. The number of hydrogen-bond donors (Lipinski definition) is 0. The van der Waals surface area contributed by atoms with E-state index >= 15 is 0 Å². The molecule has 2 aromatic rings. The smallest absolute Gasteiger partial charge is 0.00945 e. The van der Waals surface area contributed by atoms with Crippen LogP contribution in [0.5, 0.6) is 0 Å². The summed E-state index contributed by atoms with van der Waals surface area (Å²) in [6, 6.07) is 14.6. The lowest BCUT2D eigenvalue weighted by atomic mass is 9.76. The summed E-state index contributed by atoms with van der Waals surface area (Å²) in [4.78, 5) is 0. The monoisotopic (exact) mass is 392 g/mol. The Morgan fingerprint density at radius 2 is 1.28 bits per heavy atom. The summed E-state index contributed by atoms with van der Waals surface area (Å²) >= 11 is 0. The first kappa shape index (κ1) is 23.7. The molecule has 0 bridgehead atoms. The van der Waals surface area contributed by atoms with E-state index in [1.807, 2.05) is 0 Å². The molecule has 1 aliphatic carbocycles. The van der Waals surface area contributed by atoms with Crippen LogP contribution in [-0.2, 0) is 25.7 Å². The zero-order valence-corrected chi connectivity index (χ0v) is 20.2. The highest BCUT2D eigenvalue weighted by Crippen LogP contribution is 2.38. The SMILES string of the molecule is CCC.CCc1ccc(C(CC(C)(C)C)c2ccc3c(c2)CCCC3)cc1CC. The Bertz CT molecular complexity index is 721. The normalized spacial score (nSPS) is 14.6. The Morgan fingerprint density at radius 1 is 0.724 bits per heavy atom. The summed E-state index contributed by atoms with van der Waals surface area (Å²) in [7, 11) is 0. The zero-order valence-electron chi connectivity index (χ0n) is 20.2. The van der Waals surface area contributed by atoms with Gasteiger partial charge in [-0.1, -0.05) is 91.3 Å². The molecular formula is C29H44. The molecule has 160 valence electrons. The van der Waals surface area contributed by atoms with Crippen molar-refractivity contribution in [3.05, 3.63) is 69.8 Å². The van der Waals surface area contributed by atoms with E-state index in [2.05, 4.69) is 84.9 Å². The molecule has 0 fully saturated rings. The summed E-state index contributed by atoms with van der Waals surface area (Å²) in [5.74, 6) is 0.499. The Labute approximate surface area is 181 Å². The van der Waals surface area contributed by atoms with Crippen molar-refractivity contribution >= 4 is 0 Å². The molecule has 0 aromatic heterocycles. The largest absolute Gasteiger partial charge is 0.0656 e. The molecule has 1 aliphatic rings. The average Bonchev–Trinajstić information content (AvgIpc) is 2.71. The number of aryl methyl sites for hydroxylation is 4. The molecule has 0 heteroatoms. The summed E-state index contributed by atoms with van der Waals surface area (Å²) in [5, 5.41) is 0. The fourth-order valence-corrected chi connectivity index (χ4v) is 4.55. The van der Waals surface area contributed by atoms with Crippen molar-refractivity contribution in [2.45, 2.75) is 106 Å². The Morgan fingerprint density at radius 3 is 1.86 bits per heavy atom. The third-order valence-corrected chi connectivity index (χ3v) is 5.99. The van der Waals surface area contributed by atoms with Gasteiger partial charge in [0, 0.05) is 5.92 Å². The molecular weight excluding hydrogens is 348 g/mol. The molecule has 0 heterocycles. The summed E-state index contributed by atoms with van der Waals surface area (Å²) in [6.45, 7) is 15.9. The summed E-state index contributed by atoms with van der Waals surface area (Å²) < 4.78 is 0. The van der Waals surface area contributed by atoms with E-state index < -0.39 is 0 Å². The highest BCUT2D eigenvalue weighted by Gasteiger charge is 2.23. The Hall–Kier alpha value is -1.56. The molecule has 3 rings (SSSR count). The van der Waals surface area contributed by atoms with Gasteiger partial charge in [-0.05, 0) is 83.7 Å². The number of benzene rings is 2. The van der Waals surface area contributed by atoms with Gasteiger partial charge in [-0.2, -0.15) is 0 Å². The van der Waals surface area contributed by atoms with Crippen LogP contribution in [0.15, 0.2) is 36.4 Å². The molecule has 0 radical (unpaired) electrons. The quantitative estimate of drug-likeness (QED) is 0.477. The minimum absolute atomic E-state index is 0.316. The highest BCUT2D eigenvalue weighted by molar-refractivity contribution is 5.42. The van der Waals surface area contributed by atoms with Crippen LogP contribution >= 0.6 is 0 Å². The third-order valence-electron chi connectivity index (χ3n) is 5.99. The topological polar surface area (TPSA) is 0 Å². The molecule has 1 unspecified atom stereocenters. The average molecular weight is 393 g/mol. The van der Waals surface area contributed by atoms with Crippen LogP contribution in [0.4, 0.5) is 0 Å². The van der Waals surface area contributed by atoms with Crippen molar-refractivity contribution in [2.24, 2.45) is 5.41 Å². The van der Waals surface area contributed by atoms with Crippen LogP contribution < -0.4 is 0 Å². The lowest BCUT2D eigenvalue weighted by molar-refractivity contribution is 0.357. The number of fused-ring (bicyclic) bond motifs is 1. The lowest BCUT2D eigenvalue weighted by Crippen LogP contribution is -2.15. The molecule has 0 amide bonds. The summed E-state index contributed by atoms with van der Waals surface area (Å²) in [5.41, 5.74) is 9.57. The molecule has 1 atom stereocenters. The van der Waals surface area contributed by atoms with Gasteiger partial charge >= 0.3 is 0 Å². The van der Waals surface area contributed by atoms with Gasteiger partial charge in [-0.15, -0.1) is 0 Å². The van der Waals surface area contributed by atoms with Gasteiger partial charge in [0.25, 0.3) is 0 Å². The van der Waals surface area contributed by atoms with Gasteiger partial charge in [0.15, 0.2) is 0 Å². The van der Waals surface area contributed by atoms with Crippen molar-refractivity contribution in [3.63, 3.8) is 0 Å². The van der Waals surface area contributed by atoms with Crippen LogP contribution in [0.25, 0.3) is 0 Å². The van der Waals surface area contributed by atoms with Crippen LogP contribution in [0, 0.1) is 5.41 Å². The lowest BCUT2D eigenvalue weighted by Gasteiger charge is -2.29. The maximum atomic E-state index is 2.53. The molecule has 0 saturated heterocycles. The first-order valence-electron chi connectivity index (χ1n) is 12.1. The molecule has 29 heavy (non-hydrogen) atoms. The fraction of sp³-hybridized carbons (Fsp3) is 0.586. The van der Waals surface area contributed by atoms with Crippen LogP contribution in [0.2, 0.25) is 0 Å². The van der Waals surface area contributed by atoms with E-state index in [0.29, 0.717) is 11.3 Å². The van der Waals surface area contributed by atoms with Gasteiger partial charge in [-0.3, -0.25) is 0 Å². The second-order valence-corrected chi connectivity index (χ2v) is 9.99. The predicted octanol–water partition coefficient (Wildman–Crippen LogP) is 8.67. The van der Waals surface area contributed by atoms with E-state index in [9.17, 15) is 0 Å². The van der Waals surface area contributed by atoms with E-state index in [0.717, 1.165) is 12.8 Å². The van der Waals surface area contributed by atoms with Gasteiger partial charge < -0.3 is 0 Å². The van der Waals surface area contributed by atoms with Crippen molar-refractivity contribution in [3.8, 4) is 0 Å².